The average molecular weight is 460 g/mol. The number of nitro groups is 1. The SMILES string of the molecule is CC(CC(CCCc1ccc(P(=O)(O)O)c([N+](=O)[O-])c1)NC(=O)OC(C)(C)C)C(=O)O. The van der Waals surface area contributed by atoms with Crippen LogP contribution in [0.3, 0.4) is 0 Å². The molecule has 0 aromatic heterocycles. The normalized spacial score (nSPS) is 13.9. The molecule has 0 aliphatic rings. The molecule has 2 atom stereocenters. The number of nitrogens with one attached hydrogen (secondary N) is 1. The van der Waals surface area contributed by atoms with Gasteiger partial charge in [-0.15, -0.1) is 0 Å². The van der Waals surface area contributed by atoms with Crippen molar-refractivity contribution in [3.05, 3.63) is 33.9 Å². The Bertz CT molecular complexity index is 860. The number of amides is 1. The van der Waals surface area contributed by atoms with Crippen LogP contribution in [0.15, 0.2) is 18.2 Å². The molecule has 1 aromatic carbocycles. The summed E-state index contributed by atoms with van der Waals surface area (Å²) in [4.78, 5) is 52.1. The second-order valence-corrected chi connectivity index (χ2v) is 9.90. The first-order valence-corrected chi connectivity index (χ1v) is 11.3. The number of ether oxygens (including phenoxy) is 1. The minimum Gasteiger partial charge on any atom is -0.481 e. The molecule has 1 aromatic rings. The van der Waals surface area contributed by atoms with Gasteiger partial charge in [0.15, 0.2) is 0 Å². The number of hydrogen-bond acceptors (Lipinski definition) is 6. The molecule has 0 radical (unpaired) electrons. The zero-order valence-electron chi connectivity index (χ0n) is 17.9. The van der Waals surface area contributed by atoms with Crippen LogP contribution < -0.4 is 10.6 Å². The third-order valence-electron chi connectivity index (χ3n) is 4.35. The maximum absolute atomic E-state index is 12.1. The summed E-state index contributed by atoms with van der Waals surface area (Å²) in [5.41, 5.74) is -0.882. The molecule has 31 heavy (non-hydrogen) atoms. The average Bonchev–Trinajstić information content (AvgIpc) is 2.58. The third kappa shape index (κ3) is 9.46. The van der Waals surface area contributed by atoms with E-state index >= 15 is 0 Å². The summed E-state index contributed by atoms with van der Waals surface area (Å²) in [5, 5.41) is 22.3. The molecule has 11 nitrogen and oxygen atoms in total. The maximum atomic E-state index is 12.1. The predicted octanol–water partition coefficient (Wildman–Crippen LogP) is 2.72. The van der Waals surface area contributed by atoms with Crippen LogP contribution in [0.25, 0.3) is 0 Å². The van der Waals surface area contributed by atoms with Crippen molar-refractivity contribution in [2.75, 3.05) is 0 Å². The fourth-order valence-electron chi connectivity index (χ4n) is 2.92. The number of aryl methyl sites for hydroxylation is 1. The van der Waals surface area contributed by atoms with Crippen molar-refractivity contribution in [1.82, 2.24) is 5.32 Å². The van der Waals surface area contributed by atoms with E-state index in [4.69, 9.17) is 9.84 Å². The molecule has 0 bridgehead atoms. The molecule has 0 aliphatic carbocycles. The molecule has 0 aliphatic heterocycles. The van der Waals surface area contributed by atoms with Gasteiger partial charge in [0.05, 0.1) is 10.8 Å². The van der Waals surface area contributed by atoms with E-state index in [9.17, 15) is 34.1 Å². The topological polar surface area (TPSA) is 176 Å². The van der Waals surface area contributed by atoms with Crippen LogP contribution in [0.5, 0.6) is 0 Å². The first-order valence-electron chi connectivity index (χ1n) is 9.66. The first kappa shape index (κ1) is 26.5. The van der Waals surface area contributed by atoms with Gasteiger partial charge in [-0.1, -0.05) is 13.0 Å². The van der Waals surface area contributed by atoms with Gasteiger partial charge in [-0.3, -0.25) is 19.5 Å². The number of carboxylic acids is 1. The van der Waals surface area contributed by atoms with Gasteiger partial charge in [-0.05, 0) is 58.1 Å². The van der Waals surface area contributed by atoms with Gasteiger partial charge in [0, 0.05) is 12.1 Å². The number of aliphatic carboxylic acids is 1. The van der Waals surface area contributed by atoms with E-state index in [1.54, 1.807) is 20.8 Å². The van der Waals surface area contributed by atoms with E-state index in [2.05, 4.69) is 5.32 Å². The Labute approximate surface area is 180 Å². The number of carbonyl (C=O) groups excluding carboxylic acids is 1. The van der Waals surface area contributed by atoms with Gasteiger partial charge in [0.2, 0.25) is 0 Å². The molecule has 0 spiro atoms. The summed E-state index contributed by atoms with van der Waals surface area (Å²) in [6.07, 6.45) is 0.656. The van der Waals surface area contributed by atoms with E-state index in [-0.39, 0.29) is 6.42 Å². The number of alkyl carbamates (subject to hydrolysis) is 1. The van der Waals surface area contributed by atoms with Gasteiger partial charge in [-0.2, -0.15) is 0 Å². The molecular formula is C19H29N2O9P. The molecule has 0 fully saturated rings. The van der Waals surface area contributed by atoms with Crippen LogP contribution in [0.4, 0.5) is 10.5 Å². The van der Waals surface area contributed by atoms with Crippen molar-refractivity contribution >= 4 is 30.7 Å². The number of nitro benzene ring substituents is 1. The number of nitrogens with zero attached hydrogens (tertiary/aromatic N) is 1. The summed E-state index contributed by atoms with van der Waals surface area (Å²) < 4.78 is 16.6. The van der Waals surface area contributed by atoms with Gasteiger partial charge >= 0.3 is 19.7 Å². The van der Waals surface area contributed by atoms with Crippen LogP contribution in [0.2, 0.25) is 0 Å². The molecule has 1 amide bonds. The van der Waals surface area contributed by atoms with Gasteiger partial charge in [0.25, 0.3) is 5.69 Å². The monoisotopic (exact) mass is 460 g/mol. The molecule has 1 rings (SSSR count). The largest absolute Gasteiger partial charge is 0.481 e. The Balaban J connectivity index is 2.87. The quantitative estimate of drug-likeness (QED) is 0.232. The highest BCUT2D eigenvalue weighted by Crippen LogP contribution is 2.37. The number of benzene rings is 1. The standard InChI is InChI=1S/C19H29N2O9P/c1-12(17(22)23)10-14(20-18(24)30-19(2,3)4)7-5-6-13-8-9-16(31(27,28)29)15(11-13)21(25)26/h8-9,11-12,14H,5-7,10H2,1-4H3,(H,20,24)(H,22,23)(H2,27,28,29). The summed E-state index contributed by atoms with van der Waals surface area (Å²) in [6, 6.07) is 3.06. The zero-order valence-corrected chi connectivity index (χ0v) is 18.8. The van der Waals surface area contributed by atoms with E-state index in [0.717, 1.165) is 12.1 Å². The van der Waals surface area contributed by atoms with Crippen molar-refractivity contribution in [2.45, 2.75) is 65.0 Å². The smallest absolute Gasteiger partial charge is 0.407 e. The van der Waals surface area contributed by atoms with Crippen LogP contribution >= 0.6 is 7.60 Å². The summed E-state index contributed by atoms with van der Waals surface area (Å²) in [6.45, 7) is 6.64. The number of hydrogen-bond donors (Lipinski definition) is 4. The third-order valence-corrected chi connectivity index (χ3v) is 5.35. The van der Waals surface area contributed by atoms with E-state index in [1.165, 1.54) is 13.0 Å². The van der Waals surface area contributed by atoms with Crippen LogP contribution in [-0.4, -0.2) is 43.5 Å². The highest BCUT2D eigenvalue weighted by molar-refractivity contribution is 7.60. The fraction of sp³-hybridized carbons (Fsp3) is 0.579. The first-order chi connectivity index (χ1) is 14.1. The lowest BCUT2D eigenvalue weighted by Crippen LogP contribution is -2.40. The lowest BCUT2D eigenvalue weighted by molar-refractivity contribution is -0.383. The highest BCUT2D eigenvalue weighted by atomic mass is 31.2. The van der Waals surface area contributed by atoms with Crippen LogP contribution in [0.1, 0.15) is 52.5 Å². The number of rotatable bonds is 10. The van der Waals surface area contributed by atoms with E-state index in [1.807, 2.05) is 0 Å². The van der Waals surface area contributed by atoms with Crippen molar-refractivity contribution in [1.29, 1.82) is 0 Å². The highest BCUT2D eigenvalue weighted by Gasteiger charge is 2.29. The summed E-state index contributed by atoms with van der Waals surface area (Å²) in [5.74, 6) is -1.71. The molecule has 12 heteroatoms. The molecule has 0 saturated heterocycles. The van der Waals surface area contributed by atoms with Gasteiger partial charge in [0.1, 0.15) is 10.9 Å². The van der Waals surface area contributed by atoms with Crippen molar-refractivity contribution in [3.63, 3.8) is 0 Å². The molecule has 4 N–H and O–H groups in total. The fourth-order valence-corrected chi connectivity index (χ4v) is 3.63. The van der Waals surface area contributed by atoms with Crippen molar-refractivity contribution in [3.8, 4) is 0 Å². The van der Waals surface area contributed by atoms with Crippen LogP contribution in [-0.2, 0) is 20.5 Å². The Morgan fingerprint density at radius 2 is 1.90 bits per heavy atom. The minimum atomic E-state index is -4.79. The number of carbonyl (C=O) groups is 2. The Morgan fingerprint density at radius 1 is 1.29 bits per heavy atom. The lowest BCUT2D eigenvalue weighted by Gasteiger charge is -2.24. The molecule has 174 valence electrons. The van der Waals surface area contributed by atoms with Crippen molar-refractivity contribution in [2.24, 2.45) is 5.92 Å². The van der Waals surface area contributed by atoms with Gasteiger partial charge < -0.3 is 24.9 Å². The lowest BCUT2D eigenvalue weighted by atomic mass is 9.96. The second-order valence-electron chi connectivity index (χ2n) is 8.33. The van der Waals surface area contributed by atoms with E-state index in [0.29, 0.717) is 24.8 Å². The number of carboxylic acid groups (broad SMARTS) is 1. The van der Waals surface area contributed by atoms with E-state index < -0.39 is 53.1 Å². The predicted molar refractivity (Wildman–Crippen MR) is 112 cm³/mol. The maximum Gasteiger partial charge on any atom is 0.407 e. The summed E-state index contributed by atoms with van der Waals surface area (Å²) >= 11 is 0. The second kappa shape index (κ2) is 10.7. The van der Waals surface area contributed by atoms with Crippen LogP contribution in [0, 0.1) is 16.0 Å². The minimum absolute atomic E-state index is 0.172. The Hall–Kier alpha value is -2.49. The molecule has 0 saturated carbocycles. The molecule has 0 heterocycles. The zero-order chi connectivity index (χ0) is 24.0. The summed E-state index contributed by atoms with van der Waals surface area (Å²) in [7, 11) is -4.79. The Kier molecular flexibility index (Phi) is 9.16. The molecular weight excluding hydrogens is 431 g/mol. The molecule has 2 unspecified atom stereocenters. The van der Waals surface area contributed by atoms with Crippen molar-refractivity contribution < 1.29 is 38.7 Å². The Morgan fingerprint density at radius 3 is 2.39 bits per heavy atom. The van der Waals surface area contributed by atoms with Gasteiger partial charge in [-0.25, -0.2) is 4.79 Å².